The van der Waals surface area contributed by atoms with Crippen molar-refractivity contribution in [2.24, 2.45) is 0 Å². The van der Waals surface area contributed by atoms with Gasteiger partial charge in [-0.2, -0.15) is 0 Å². The van der Waals surface area contributed by atoms with Gasteiger partial charge in [-0.1, -0.05) is 5.92 Å². The maximum atomic E-state index is 10.5. The first-order chi connectivity index (χ1) is 7.17. The van der Waals surface area contributed by atoms with E-state index in [0.717, 1.165) is 6.20 Å². The molecule has 1 atom stereocenters. The third-order valence-corrected chi connectivity index (χ3v) is 1.58. The van der Waals surface area contributed by atoms with Gasteiger partial charge in [0.1, 0.15) is 11.9 Å². The molecule has 0 aliphatic heterocycles. The normalized spacial score (nSPS) is 11.5. The Balaban J connectivity index is 2.73. The number of nitrogens with zero attached hydrogens (tertiary/aromatic N) is 2. The van der Waals surface area contributed by atoms with Gasteiger partial charge in [0.2, 0.25) is 0 Å². The van der Waals surface area contributed by atoms with Gasteiger partial charge in [-0.15, -0.1) is 6.42 Å². The van der Waals surface area contributed by atoms with Crippen LogP contribution in [0.25, 0.3) is 0 Å². The molecule has 6 heteroatoms. The molecule has 0 aliphatic rings. The van der Waals surface area contributed by atoms with Gasteiger partial charge in [-0.05, 0) is 0 Å². The lowest BCUT2D eigenvalue weighted by Crippen LogP contribution is -2.22. The molecule has 0 aromatic carbocycles. The minimum Gasteiger partial charge on any atom is -0.476 e. The minimum atomic E-state index is -1.15. The second kappa shape index (κ2) is 4.93. The Morgan fingerprint density at radius 3 is 2.73 bits per heavy atom. The predicted molar refractivity (Wildman–Crippen MR) is 52.3 cm³/mol. The highest BCUT2D eigenvalue weighted by Crippen LogP contribution is 2.02. The molecule has 1 heterocycles. The summed E-state index contributed by atoms with van der Waals surface area (Å²) in [6, 6.07) is -0.560. The van der Waals surface area contributed by atoms with Crippen LogP contribution >= 0.6 is 0 Å². The highest BCUT2D eigenvalue weighted by molar-refractivity contribution is 5.84. The molecule has 1 aromatic heterocycles. The first-order valence-corrected chi connectivity index (χ1v) is 4.06. The van der Waals surface area contributed by atoms with Crippen LogP contribution in [0, 0.1) is 12.3 Å². The molecular formula is C9H9N3O3. The molecule has 0 aliphatic carbocycles. The Morgan fingerprint density at radius 1 is 1.60 bits per heavy atom. The van der Waals surface area contributed by atoms with Crippen molar-refractivity contribution in [3.8, 4) is 12.3 Å². The van der Waals surface area contributed by atoms with Gasteiger partial charge in [0.05, 0.1) is 19.0 Å². The molecule has 0 saturated heterocycles. The number of carbonyl (C=O) groups is 1. The Labute approximate surface area is 86.0 Å². The largest absolute Gasteiger partial charge is 0.476 e. The minimum absolute atomic E-state index is 0.151. The predicted octanol–water partition coefficient (Wildman–Crippen LogP) is -0.419. The number of rotatable bonds is 4. The summed E-state index contributed by atoms with van der Waals surface area (Å²) in [7, 11) is 0. The maximum absolute atomic E-state index is 10.5. The van der Waals surface area contributed by atoms with Crippen molar-refractivity contribution in [3.05, 3.63) is 18.1 Å². The lowest BCUT2D eigenvalue weighted by molar-refractivity contribution is 0.0690. The number of carboxylic acids is 1. The number of hydrogen-bond acceptors (Lipinski definition) is 5. The fourth-order valence-electron chi connectivity index (χ4n) is 0.832. The number of aliphatic hydroxyl groups excluding tert-OH is 1. The number of terminal acetylenes is 1. The zero-order chi connectivity index (χ0) is 11.3. The number of aromatic carboxylic acids is 1. The molecule has 3 N–H and O–H groups in total. The van der Waals surface area contributed by atoms with Crippen LogP contribution in [-0.4, -0.2) is 38.8 Å². The summed E-state index contributed by atoms with van der Waals surface area (Å²) < 4.78 is 0. The van der Waals surface area contributed by atoms with Gasteiger partial charge in [0.25, 0.3) is 0 Å². The van der Waals surface area contributed by atoms with Crippen molar-refractivity contribution in [3.63, 3.8) is 0 Å². The summed E-state index contributed by atoms with van der Waals surface area (Å²) in [6.45, 7) is -0.237. The van der Waals surface area contributed by atoms with Crippen LogP contribution in [0.5, 0.6) is 0 Å². The molecule has 1 rings (SSSR count). The summed E-state index contributed by atoms with van der Waals surface area (Å²) >= 11 is 0. The quantitative estimate of drug-likeness (QED) is 0.580. The van der Waals surface area contributed by atoms with Crippen LogP contribution in [0.2, 0.25) is 0 Å². The van der Waals surface area contributed by atoms with Gasteiger partial charge in [0, 0.05) is 0 Å². The van der Waals surface area contributed by atoms with E-state index < -0.39 is 12.0 Å². The maximum Gasteiger partial charge on any atom is 0.356 e. The third kappa shape index (κ3) is 2.93. The van der Waals surface area contributed by atoms with Gasteiger partial charge in [0.15, 0.2) is 5.69 Å². The lowest BCUT2D eigenvalue weighted by atomic mass is 10.3. The number of aliphatic hydroxyl groups is 1. The van der Waals surface area contributed by atoms with Crippen molar-refractivity contribution in [1.82, 2.24) is 9.97 Å². The Kier molecular flexibility index (Phi) is 3.60. The van der Waals surface area contributed by atoms with Gasteiger partial charge in [-0.3, -0.25) is 0 Å². The second-order valence-corrected chi connectivity index (χ2v) is 2.64. The average Bonchev–Trinajstić information content (AvgIpc) is 2.26. The summed E-state index contributed by atoms with van der Waals surface area (Å²) in [6.07, 6.45) is 7.44. The smallest absolute Gasteiger partial charge is 0.356 e. The number of aromatic nitrogens is 2. The zero-order valence-electron chi connectivity index (χ0n) is 7.71. The molecule has 0 amide bonds. The molecule has 0 saturated carbocycles. The molecule has 0 bridgehead atoms. The molecular weight excluding hydrogens is 198 g/mol. The van der Waals surface area contributed by atoms with Crippen molar-refractivity contribution in [2.75, 3.05) is 11.9 Å². The summed E-state index contributed by atoms with van der Waals surface area (Å²) in [4.78, 5) is 17.9. The Morgan fingerprint density at radius 2 is 2.33 bits per heavy atom. The summed E-state index contributed by atoms with van der Waals surface area (Å²) in [5.74, 6) is 1.46. The highest BCUT2D eigenvalue weighted by Gasteiger charge is 2.07. The third-order valence-electron chi connectivity index (χ3n) is 1.58. The van der Waals surface area contributed by atoms with Crippen LogP contribution in [0.15, 0.2) is 12.4 Å². The van der Waals surface area contributed by atoms with E-state index in [-0.39, 0.29) is 12.3 Å². The zero-order valence-corrected chi connectivity index (χ0v) is 7.71. The van der Waals surface area contributed by atoms with Crippen LogP contribution in [0.4, 0.5) is 5.82 Å². The van der Waals surface area contributed by atoms with Gasteiger partial charge in [-0.25, -0.2) is 14.8 Å². The van der Waals surface area contributed by atoms with Crippen LogP contribution < -0.4 is 5.32 Å². The van der Waals surface area contributed by atoms with E-state index in [9.17, 15) is 4.79 Å². The van der Waals surface area contributed by atoms with E-state index in [1.165, 1.54) is 6.20 Å². The standard InChI is InChI=1S/C9H9N3O3/c1-2-6(5-13)12-8-4-10-7(3-11-8)9(14)15/h1,3-4,6,13H,5H2,(H,11,12)(H,14,15). The summed E-state index contributed by atoms with van der Waals surface area (Å²) in [5, 5.41) is 20.0. The van der Waals surface area contributed by atoms with Crippen LogP contribution in [-0.2, 0) is 0 Å². The highest BCUT2D eigenvalue weighted by atomic mass is 16.4. The van der Waals surface area contributed by atoms with Crippen molar-refractivity contribution in [1.29, 1.82) is 0 Å². The molecule has 0 fully saturated rings. The van der Waals surface area contributed by atoms with Crippen LogP contribution in [0.3, 0.4) is 0 Å². The van der Waals surface area contributed by atoms with E-state index in [1.54, 1.807) is 0 Å². The molecule has 1 aromatic rings. The number of nitrogens with one attached hydrogen (secondary N) is 1. The van der Waals surface area contributed by atoms with E-state index >= 15 is 0 Å². The molecule has 1 unspecified atom stereocenters. The first kappa shape index (κ1) is 10.9. The van der Waals surface area contributed by atoms with E-state index in [0.29, 0.717) is 5.82 Å². The SMILES string of the molecule is C#CC(CO)Nc1cnc(C(=O)O)cn1. The Bertz CT molecular complexity index is 383. The van der Waals surface area contributed by atoms with Crippen molar-refractivity contribution >= 4 is 11.8 Å². The van der Waals surface area contributed by atoms with E-state index in [2.05, 4.69) is 21.2 Å². The molecule has 0 radical (unpaired) electrons. The van der Waals surface area contributed by atoms with E-state index in [1.807, 2.05) is 0 Å². The first-order valence-electron chi connectivity index (χ1n) is 4.06. The number of hydrogen-bond donors (Lipinski definition) is 3. The number of anilines is 1. The second-order valence-electron chi connectivity index (χ2n) is 2.64. The molecule has 78 valence electrons. The topological polar surface area (TPSA) is 95.3 Å². The monoisotopic (exact) mass is 207 g/mol. The van der Waals surface area contributed by atoms with Gasteiger partial charge < -0.3 is 15.5 Å². The fraction of sp³-hybridized carbons (Fsp3) is 0.222. The Hall–Kier alpha value is -2.13. The van der Waals surface area contributed by atoms with E-state index in [4.69, 9.17) is 16.6 Å². The van der Waals surface area contributed by atoms with Crippen molar-refractivity contribution < 1.29 is 15.0 Å². The fourth-order valence-corrected chi connectivity index (χ4v) is 0.832. The average molecular weight is 207 g/mol. The summed E-state index contributed by atoms with van der Waals surface area (Å²) in [5.41, 5.74) is -0.151. The number of carboxylic acid groups (broad SMARTS) is 1. The van der Waals surface area contributed by atoms with Crippen molar-refractivity contribution in [2.45, 2.75) is 6.04 Å². The molecule has 15 heavy (non-hydrogen) atoms. The molecule has 6 nitrogen and oxygen atoms in total. The lowest BCUT2D eigenvalue weighted by Gasteiger charge is -2.09. The molecule has 0 spiro atoms. The van der Waals surface area contributed by atoms with Crippen LogP contribution in [0.1, 0.15) is 10.5 Å². The van der Waals surface area contributed by atoms with Gasteiger partial charge >= 0.3 is 5.97 Å².